The number of hydrogen-bond acceptors (Lipinski definition) is 6. The number of phenols is 1. The number of benzene rings is 1. The van der Waals surface area contributed by atoms with Crippen LogP contribution in [0.3, 0.4) is 0 Å². The normalized spacial score (nSPS) is 10.9. The van der Waals surface area contributed by atoms with Gasteiger partial charge in [0.25, 0.3) is 5.91 Å². The number of aromatic hydroxyl groups is 1. The number of hydrazone groups is 1. The van der Waals surface area contributed by atoms with Gasteiger partial charge in [-0.1, -0.05) is 6.07 Å². The Kier molecular flexibility index (Phi) is 4.79. The van der Waals surface area contributed by atoms with Crippen LogP contribution in [0.4, 0.5) is 0 Å². The molecule has 2 heterocycles. The number of furan rings is 1. The zero-order valence-electron chi connectivity index (χ0n) is 13.4. The smallest absolute Gasteiger partial charge is 0.291 e. The number of ether oxygens (including phenoxy) is 1. The molecule has 3 aromatic rings. The monoisotopic (exact) mass is 340 g/mol. The predicted molar refractivity (Wildman–Crippen MR) is 90.6 cm³/mol. The quantitative estimate of drug-likeness (QED) is 0.471. The minimum absolute atomic E-state index is 0.0396. The molecule has 128 valence electrons. The van der Waals surface area contributed by atoms with E-state index in [9.17, 15) is 9.90 Å². The predicted octanol–water partition coefficient (Wildman–Crippen LogP) is 2.54. The molecule has 3 N–H and O–H groups in total. The van der Waals surface area contributed by atoms with Crippen molar-refractivity contribution in [2.24, 2.45) is 5.10 Å². The molecule has 1 aromatic carbocycles. The molecule has 0 radical (unpaired) electrons. The highest BCUT2D eigenvalue weighted by Crippen LogP contribution is 2.28. The van der Waals surface area contributed by atoms with E-state index in [-0.39, 0.29) is 11.4 Å². The molecule has 8 nitrogen and oxygen atoms in total. The average molecular weight is 340 g/mol. The molecule has 0 aliphatic carbocycles. The molecule has 0 aliphatic rings. The first kappa shape index (κ1) is 16.3. The first-order chi connectivity index (χ1) is 12.2. The summed E-state index contributed by atoms with van der Waals surface area (Å²) < 4.78 is 10.5. The van der Waals surface area contributed by atoms with Crippen molar-refractivity contribution in [2.45, 2.75) is 6.92 Å². The van der Waals surface area contributed by atoms with Crippen molar-refractivity contribution < 1.29 is 19.1 Å². The van der Waals surface area contributed by atoms with Crippen LogP contribution in [0.25, 0.3) is 11.5 Å². The van der Waals surface area contributed by atoms with Crippen LogP contribution >= 0.6 is 0 Å². The van der Waals surface area contributed by atoms with Gasteiger partial charge in [-0.2, -0.15) is 10.2 Å². The van der Waals surface area contributed by atoms with Crippen LogP contribution < -0.4 is 10.2 Å². The number of amides is 1. The summed E-state index contributed by atoms with van der Waals surface area (Å²) in [4.78, 5) is 12.0. The molecule has 3 rings (SSSR count). The van der Waals surface area contributed by atoms with Crippen LogP contribution in [-0.4, -0.2) is 34.0 Å². The molecule has 0 spiro atoms. The first-order valence-corrected chi connectivity index (χ1v) is 7.56. The number of carbonyl (C=O) groups excluding carboxylic acids is 1. The number of aromatic amines is 1. The van der Waals surface area contributed by atoms with Crippen LogP contribution in [0, 0.1) is 0 Å². The fourth-order valence-corrected chi connectivity index (χ4v) is 2.13. The summed E-state index contributed by atoms with van der Waals surface area (Å²) in [6.07, 6.45) is 2.86. The highest BCUT2D eigenvalue weighted by molar-refractivity contribution is 5.94. The number of nitrogens with one attached hydrogen (secondary N) is 2. The van der Waals surface area contributed by atoms with Crippen molar-refractivity contribution >= 4 is 12.1 Å². The largest absolute Gasteiger partial charge is 0.504 e. The third kappa shape index (κ3) is 3.69. The zero-order chi connectivity index (χ0) is 17.6. The number of para-hydroxylation sites is 1. The number of carbonyl (C=O) groups is 1. The van der Waals surface area contributed by atoms with Crippen LogP contribution in [0.5, 0.6) is 11.5 Å². The SMILES string of the molecule is CCOc1cccc(/C=N\NC(=O)c2cc(-c3ccco3)[nH]n2)c1O. The van der Waals surface area contributed by atoms with E-state index in [1.54, 1.807) is 36.4 Å². The van der Waals surface area contributed by atoms with Gasteiger partial charge in [0.05, 0.1) is 19.1 Å². The molecule has 0 saturated carbocycles. The van der Waals surface area contributed by atoms with Gasteiger partial charge in [0, 0.05) is 11.6 Å². The van der Waals surface area contributed by atoms with Gasteiger partial charge in [-0.25, -0.2) is 5.43 Å². The van der Waals surface area contributed by atoms with Gasteiger partial charge >= 0.3 is 0 Å². The molecule has 2 aromatic heterocycles. The highest BCUT2D eigenvalue weighted by atomic mass is 16.5. The van der Waals surface area contributed by atoms with Crippen molar-refractivity contribution in [3.63, 3.8) is 0 Å². The maximum absolute atomic E-state index is 12.0. The summed E-state index contributed by atoms with van der Waals surface area (Å²) in [5.41, 5.74) is 3.52. The van der Waals surface area contributed by atoms with E-state index in [0.29, 0.717) is 29.4 Å². The van der Waals surface area contributed by atoms with Gasteiger partial charge in [0.1, 0.15) is 5.69 Å². The summed E-state index contributed by atoms with van der Waals surface area (Å²) in [5, 5.41) is 20.5. The maximum atomic E-state index is 12.0. The molecule has 0 fully saturated rings. The van der Waals surface area contributed by atoms with Gasteiger partial charge < -0.3 is 14.3 Å². The second kappa shape index (κ2) is 7.35. The second-order valence-electron chi connectivity index (χ2n) is 4.97. The molecule has 0 bridgehead atoms. The lowest BCUT2D eigenvalue weighted by Crippen LogP contribution is -2.18. The van der Waals surface area contributed by atoms with Crippen molar-refractivity contribution in [1.82, 2.24) is 15.6 Å². The number of H-pyrrole nitrogens is 1. The molecular formula is C17H16N4O4. The summed E-state index contributed by atoms with van der Waals surface area (Å²) in [7, 11) is 0. The topological polar surface area (TPSA) is 113 Å². The van der Waals surface area contributed by atoms with E-state index >= 15 is 0 Å². The minimum atomic E-state index is -0.495. The van der Waals surface area contributed by atoms with Crippen LogP contribution in [-0.2, 0) is 0 Å². The summed E-state index contributed by atoms with van der Waals surface area (Å²) in [6.45, 7) is 2.25. The van der Waals surface area contributed by atoms with E-state index in [4.69, 9.17) is 9.15 Å². The Morgan fingerprint density at radius 2 is 2.32 bits per heavy atom. The summed E-state index contributed by atoms with van der Waals surface area (Å²) in [5.74, 6) is 0.397. The minimum Gasteiger partial charge on any atom is -0.504 e. The molecule has 1 amide bonds. The third-order valence-corrected chi connectivity index (χ3v) is 3.30. The van der Waals surface area contributed by atoms with Crippen molar-refractivity contribution in [2.75, 3.05) is 6.61 Å². The number of nitrogens with zero attached hydrogens (tertiary/aromatic N) is 2. The number of aromatic nitrogens is 2. The fraction of sp³-hybridized carbons (Fsp3) is 0.118. The Labute approximate surface area is 143 Å². The van der Waals surface area contributed by atoms with Gasteiger partial charge in [-0.15, -0.1) is 0 Å². The van der Waals surface area contributed by atoms with Crippen LogP contribution in [0.2, 0.25) is 0 Å². The average Bonchev–Trinajstić information content (AvgIpc) is 3.29. The summed E-state index contributed by atoms with van der Waals surface area (Å²) in [6, 6.07) is 10.1. The van der Waals surface area contributed by atoms with E-state index in [1.807, 2.05) is 6.92 Å². The van der Waals surface area contributed by atoms with Gasteiger partial charge in [0.2, 0.25) is 0 Å². The van der Waals surface area contributed by atoms with E-state index < -0.39 is 5.91 Å². The lowest BCUT2D eigenvalue weighted by Gasteiger charge is -2.06. The van der Waals surface area contributed by atoms with E-state index in [0.717, 1.165) is 0 Å². The molecule has 0 atom stereocenters. The highest BCUT2D eigenvalue weighted by Gasteiger charge is 2.12. The Morgan fingerprint density at radius 1 is 1.44 bits per heavy atom. The zero-order valence-corrected chi connectivity index (χ0v) is 13.4. The van der Waals surface area contributed by atoms with Crippen LogP contribution in [0.15, 0.2) is 52.2 Å². The van der Waals surface area contributed by atoms with Crippen LogP contribution in [0.1, 0.15) is 23.0 Å². The molecule has 0 aliphatic heterocycles. The first-order valence-electron chi connectivity index (χ1n) is 7.56. The maximum Gasteiger partial charge on any atom is 0.291 e. The molecule has 0 unspecified atom stereocenters. The second-order valence-corrected chi connectivity index (χ2v) is 4.97. The molecular weight excluding hydrogens is 324 g/mol. The number of rotatable bonds is 6. The van der Waals surface area contributed by atoms with Gasteiger partial charge in [0.15, 0.2) is 23.0 Å². The van der Waals surface area contributed by atoms with Crippen molar-refractivity contribution in [1.29, 1.82) is 0 Å². The number of phenolic OH excluding ortho intramolecular Hbond substituents is 1. The molecule has 25 heavy (non-hydrogen) atoms. The molecule has 0 saturated heterocycles. The molecule has 8 heteroatoms. The Hall–Kier alpha value is -3.55. The van der Waals surface area contributed by atoms with Gasteiger partial charge in [-0.3, -0.25) is 9.89 Å². The Morgan fingerprint density at radius 3 is 3.08 bits per heavy atom. The Balaban J connectivity index is 1.66. The summed E-state index contributed by atoms with van der Waals surface area (Å²) >= 11 is 0. The lowest BCUT2D eigenvalue weighted by atomic mass is 10.2. The number of hydrogen-bond donors (Lipinski definition) is 3. The Bertz CT molecular complexity index is 884. The fourth-order valence-electron chi connectivity index (χ4n) is 2.13. The van der Waals surface area contributed by atoms with E-state index in [2.05, 4.69) is 20.7 Å². The van der Waals surface area contributed by atoms with Crippen molar-refractivity contribution in [3.05, 3.63) is 53.9 Å². The third-order valence-electron chi connectivity index (χ3n) is 3.30. The van der Waals surface area contributed by atoms with Crippen molar-refractivity contribution in [3.8, 4) is 23.0 Å². The van der Waals surface area contributed by atoms with Gasteiger partial charge in [-0.05, 0) is 31.2 Å². The standard InChI is InChI=1S/C17H16N4O4/c1-2-24-15-6-3-5-11(16(15)22)10-18-21-17(23)13-9-12(19-20-13)14-7-4-8-25-14/h3-10,22H,2H2,1H3,(H,19,20)(H,21,23)/b18-10-. The lowest BCUT2D eigenvalue weighted by molar-refractivity contribution is 0.0950. The van der Waals surface area contributed by atoms with E-state index in [1.165, 1.54) is 12.5 Å².